The molecule has 110 valence electrons. The quantitative estimate of drug-likeness (QED) is 0.885. The number of carbonyl (C=O) groups is 1. The summed E-state index contributed by atoms with van der Waals surface area (Å²) in [6.07, 6.45) is 0. The first kappa shape index (κ1) is 14.9. The Morgan fingerprint density at radius 2 is 1.71 bits per heavy atom. The number of amides is 1. The molecule has 0 unspecified atom stereocenters. The van der Waals surface area contributed by atoms with E-state index in [0.717, 1.165) is 5.56 Å². The molecule has 0 aliphatic rings. The van der Waals surface area contributed by atoms with Crippen LogP contribution in [0.3, 0.4) is 0 Å². The van der Waals surface area contributed by atoms with E-state index >= 15 is 0 Å². The van der Waals surface area contributed by atoms with Gasteiger partial charge in [0.15, 0.2) is 11.5 Å². The first-order valence-corrected chi connectivity index (χ1v) is 6.50. The molecule has 0 aliphatic carbocycles. The van der Waals surface area contributed by atoms with E-state index in [9.17, 15) is 4.79 Å². The summed E-state index contributed by atoms with van der Waals surface area (Å²) in [6, 6.07) is 12.4. The van der Waals surface area contributed by atoms with Crippen LogP contribution < -0.4 is 20.5 Å². The fourth-order valence-corrected chi connectivity index (χ4v) is 1.91. The zero-order valence-electron chi connectivity index (χ0n) is 12.1. The van der Waals surface area contributed by atoms with Gasteiger partial charge in [0, 0.05) is 23.9 Å². The molecule has 0 aliphatic heterocycles. The molecule has 2 aromatic carbocycles. The summed E-state index contributed by atoms with van der Waals surface area (Å²) in [4.78, 5) is 12.2. The van der Waals surface area contributed by atoms with Crippen LogP contribution in [0.1, 0.15) is 15.9 Å². The van der Waals surface area contributed by atoms with Gasteiger partial charge in [0.1, 0.15) is 0 Å². The zero-order valence-corrected chi connectivity index (χ0v) is 12.1. The third-order valence-electron chi connectivity index (χ3n) is 3.09. The fourth-order valence-electron chi connectivity index (χ4n) is 1.91. The maximum absolute atomic E-state index is 12.2. The minimum atomic E-state index is -0.189. The van der Waals surface area contributed by atoms with Gasteiger partial charge in [-0.25, -0.2) is 0 Å². The Morgan fingerprint density at radius 1 is 1.05 bits per heavy atom. The standard InChI is InChI=1S/C16H18N2O3/c1-20-14-8-7-13(9-15(14)21-2)18-16(19)12-5-3-11(10-17)4-6-12/h3-9H,10,17H2,1-2H3,(H,18,19). The lowest BCUT2D eigenvalue weighted by atomic mass is 10.1. The second-order valence-corrected chi connectivity index (χ2v) is 4.42. The summed E-state index contributed by atoms with van der Waals surface area (Å²) < 4.78 is 10.4. The Morgan fingerprint density at radius 3 is 2.29 bits per heavy atom. The van der Waals surface area contributed by atoms with E-state index < -0.39 is 0 Å². The molecule has 0 spiro atoms. The summed E-state index contributed by atoms with van der Waals surface area (Å²) in [5, 5.41) is 2.82. The van der Waals surface area contributed by atoms with Crippen molar-refractivity contribution in [1.29, 1.82) is 0 Å². The number of rotatable bonds is 5. The summed E-state index contributed by atoms with van der Waals surface area (Å²) in [5.41, 5.74) is 7.73. The predicted octanol–water partition coefficient (Wildman–Crippen LogP) is 2.41. The number of anilines is 1. The number of nitrogens with one attached hydrogen (secondary N) is 1. The van der Waals surface area contributed by atoms with Crippen molar-refractivity contribution in [3.63, 3.8) is 0 Å². The summed E-state index contributed by atoms with van der Waals surface area (Å²) in [6.45, 7) is 0.456. The van der Waals surface area contributed by atoms with Gasteiger partial charge in [0.2, 0.25) is 0 Å². The Kier molecular flexibility index (Phi) is 4.79. The highest BCUT2D eigenvalue weighted by Crippen LogP contribution is 2.29. The van der Waals surface area contributed by atoms with E-state index in [1.54, 1.807) is 44.6 Å². The van der Waals surface area contributed by atoms with Crippen molar-refractivity contribution in [2.75, 3.05) is 19.5 Å². The molecule has 0 saturated carbocycles. The fraction of sp³-hybridized carbons (Fsp3) is 0.188. The molecule has 1 amide bonds. The third-order valence-corrected chi connectivity index (χ3v) is 3.09. The molecular weight excluding hydrogens is 268 g/mol. The minimum absolute atomic E-state index is 0.189. The third kappa shape index (κ3) is 3.52. The van der Waals surface area contributed by atoms with E-state index in [1.165, 1.54) is 0 Å². The summed E-state index contributed by atoms with van der Waals surface area (Å²) >= 11 is 0. The molecule has 0 aromatic heterocycles. The normalized spacial score (nSPS) is 10.0. The van der Waals surface area contributed by atoms with E-state index in [1.807, 2.05) is 12.1 Å². The molecule has 5 nitrogen and oxygen atoms in total. The largest absolute Gasteiger partial charge is 0.493 e. The second-order valence-electron chi connectivity index (χ2n) is 4.42. The van der Waals surface area contributed by atoms with Crippen LogP contribution in [0, 0.1) is 0 Å². The van der Waals surface area contributed by atoms with Gasteiger partial charge in [-0.3, -0.25) is 4.79 Å². The Labute approximate surface area is 123 Å². The van der Waals surface area contributed by atoms with Crippen molar-refractivity contribution in [3.05, 3.63) is 53.6 Å². The molecule has 0 heterocycles. The van der Waals surface area contributed by atoms with Crippen molar-refractivity contribution >= 4 is 11.6 Å². The summed E-state index contributed by atoms with van der Waals surface area (Å²) in [7, 11) is 3.12. The van der Waals surface area contributed by atoms with Gasteiger partial charge < -0.3 is 20.5 Å². The summed E-state index contributed by atoms with van der Waals surface area (Å²) in [5.74, 6) is 0.988. The van der Waals surface area contributed by atoms with Crippen LogP contribution >= 0.6 is 0 Å². The Bertz CT molecular complexity index is 624. The molecule has 0 saturated heterocycles. The number of hydrogen-bond donors (Lipinski definition) is 2. The first-order valence-electron chi connectivity index (χ1n) is 6.50. The van der Waals surface area contributed by atoms with Gasteiger partial charge in [-0.1, -0.05) is 12.1 Å². The highest BCUT2D eigenvalue weighted by atomic mass is 16.5. The molecular formula is C16H18N2O3. The topological polar surface area (TPSA) is 73.6 Å². The molecule has 0 radical (unpaired) electrons. The number of nitrogens with two attached hydrogens (primary N) is 1. The van der Waals surface area contributed by atoms with Crippen LogP contribution in [-0.2, 0) is 6.54 Å². The number of hydrogen-bond acceptors (Lipinski definition) is 4. The average Bonchev–Trinajstić information content (AvgIpc) is 2.54. The van der Waals surface area contributed by atoms with Crippen LogP contribution in [0.2, 0.25) is 0 Å². The van der Waals surface area contributed by atoms with Crippen molar-refractivity contribution in [2.24, 2.45) is 5.73 Å². The molecule has 0 atom stereocenters. The van der Waals surface area contributed by atoms with Crippen LogP contribution in [0.4, 0.5) is 5.69 Å². The lowest BCUT2D eigenvalue weighted by Crippen LogP contribution is -2.12. The highest BCUT2D eigenvalue weighted by molar-refractivity contribution is 6.04. The van der Waals surface area contributed by atoms with E-state index in [2.05, 4.69) is 5.32 Å². The minimum Gasteiger partial charge on any atom is -0.493 e. The zero-order chi connectivity index (χ0) is 15.2. The molecule has 21 heavy (non-hydrogen) atoms. The van der Waals surface area contributed by atoms with E-state index in [0.29, 0.717) is 29.3 Å². The van der Waals surface area contributed by atoms with Crippen molar-refractivity contribution < 1.29 is 14.3 Å². The molecule has 2 rings (SSSR count). The number of benzene rings is 2. The van der Waals surface area contributed by atoms with Gasteiger partial charge in [-0.05, 0) is 29.8 Å². The lowest BCUT2D eigenvalue weighted by molar-refractivity contribution is 0.102. The maximum atomic E-state index is 12.2. The molecule has 0 fully saturated rings. The van der Waals surface area contributed by atoms with Crippen LogP contribution in [0.25, 0.3) is 0 Å². The SMILES string of the molecule is COc1ccc(NC(=O)c2ccc(CN)cc2)cc1OC. The van der Waals surface area contributed by atoms with E-state index in [-0.39, 0.29) is 5.91 Å². The van der Waals surface area contributed by atoms with Crippen LogP contribution in [0.15, 0.2) is 42.5 Å². The number of carbonyl (C=O) groups excluding carboxylic acids is 1. The van der Waals surface area contributed by atoms with Gasteiger partial charge in [0.25, 0.3) is 5.91 Å². The van der Waals surface area contributed by atoms with Crippen LogP contribution in [-0.4, -0.2) is 20.1 Å². The van der Waals surface area contributed by atoms with Gasteiger partial charge in [-0.15, -0.1) is 0 Å². The Balaban J connectivity index is 2.14. The Hall–Kier alpha value is -2.53. The van der Waals surface area contributed by atoms with Crippen molar-refractivity contribution in [2.45, 2.75) is 6.54 Å². The number of methoxy groups -OCH3 is 2. The van der Waals surface area contributed by atoms with Gasteiger partial charge in [-0.2, -0.15) is 0 Å². The van der Waals surface area contributed by atoms with E-state index in [4.69, 9.17) is 15.2 Å². The number of ether oxygens (including phenoxy) is 2. The predicted molar refractivity (Wildman–Crippen MR) is 81.8 cm³/mol. The highest BCUT2D eigenvalue weighted by Gasteiger charge is 2.09. The lowest BCUT2D eigenvalue weighted by Gasteiger charge is -2.10. The van der Waals surface area contributed by atoms with Gasteiger partial charge >= 0.3 is 0 Å². The second kappa shape index (κ2) is 6.76. The van der Waals surface area contributed by atoms with Crippen molar-refractivity contribution in [3.8, 4) is 11.5 Å². The smallest absolute Gasteiger partial charge is 0.255 e. The molecule has 5 heteroatoms. The molecule has 0 bridgehead atoms. The maximum Gasteiger partial charge on any atom is 0.255 e. The molecule has 3 N–H and O–H groups in total. The van der Waals surface area contributed by atoms with Crippen molar-refractivity contribution in [1.82, 2.24) is 0 Å². The molecule has 2 aromatic rings. The van der Waals surface area contributed by atoms with Gasteiger partial charge in [0.05, 0.1) is 14.2 Å². The average molecular weight is 286 g/mol. The monoisotopic (exact) mass is 286 g/mol. The first-order chi connectivity index (χ1) is 10.2. The van der Waals surface area contributed by atoms with Crippen LogP contribution in [0.5, 0.6) is 11.5 Å².